The number of carboxylic acids is 1. The third-order valence-corrected chi connectivity index (χ3v) is 4.17. The Hall–Kier alpha value is -1.15. The molecule has 1 atom stereocenters. The molecule has 154 valence electrons. The van der Waals surface area contributed by atoms with Gasteiger partial charge in [-0.05, 0) is 62.3 Å². The minimum Gasteiger partial charge on any atom is -0.480 e. The standard InChI is InChI=1S/C16H32NO8P/c1-14(2,3)23-13(20)17-11(12(18)19)10-22-26(21,24-15(4,5)6)25-16(7,8)9/h11H,10H2,1-9H3,(H,17,20)(H,18,19)/t11-/m0/s1. The first kappa shape index (κ1) is 24.8. The quantitative estimate of drug-likeness (QED) is 0.624. The van der Waals surface area contributed by atoms with Crippen molar-refractivity contribution in [2.75, 3.05) is 6.61 Å². The monoisotopic (exact) mass is 397 g/mol. The van der Waals surface area contributed by atoms with Crippen LogP contribution in [0.25, 0.3) is 0 Å². The molecule has 0 aromatic heterocycles. The van der Waals surface area contributed by atoms with Crippen LogP contribution in [-0.4, -0.2) is 46.6 Å². The van der Waals surface area contributed by atoms with Gasteiger partial charge in [0.25, 0.3) is 0 Å². The topological polar surface area (TPSA) is 120 Å². The summed E-state index contributed by atoms with van der Waals surface area (Å²) in [6, 6.07) is -1.50. The maximum atomic E-state index is 12.9. The van der Waals surface area contributed by atoms with Crippen LogP contribution in [0.2, 0.25) is 0 Å². The second-order valence-corrected chi connectivity index (χ2v) is 10.2. The zero-order chi connectivity index (χ0) is 21.0. The Balaban J connectivity index is 5.16. The van der Waals surface area contributed by atoms with E-state index in [0.29, 0.717) is 0 Å². The molecule has 9 nitrogen and oxygen atoms in total. The van der Waals surface area contributed by atoms with Gasteiger partial charge in [-0.1, -0.05) is 0 Å². The second-order valence-electron chi connectivity index (χ2n) is 8.69. The van der Waals surface area contributed by atoms with E-state index in [2.05, 4.69) is 5.32 Å². The van der Waals surface area contributed by atoms with Crippen molar-refractivity contribution in [1.29, 1.82) is 0 Å². The molecule has 0 saturated carbocycles. The fourth-order valence-corrected chi connectivity index (χ4v) is 3.35. The van der Waals surface area contributed by atoms with E-state index in [1.165, 1.54) is 0 Å². The molecule has 0 fully saturated rings. The molecular formula is C16H32NO8P. The number of aliphatic carboxylic acids is 1. The highest BCUT2D eigenvalue weighted by atomic mass is 31.2. The maximum absolute atomic E-state index is 12.9. The summed E-state index contributed by atoms with van der Waals surface area (Å²) >= 11 is 0. The highest BCUT2D eigenvalue weighted by Crippen LogP contribution is 2.55. The van der Waals surface area contributed by atoms with Crippen LogP contribution in [0.5, 0.6) is 0 Å². The predicted octanol–water partition coefficient (Wildman–Crippen LogP) is 3.72. The third-order valence-electron chi connectivity index (χ3n) is 2.16. The highest BCUT2D eigenvalue weighted by Gasteiger charge is 2.38. The molecule has 0 aromatic carbocycles. The number of amides is 1. The number of hydrogen-bond donors (Lipinski definition) is 2. The molecule has 0 bridgehead atoms. The van der Waals surface area contributed by atoms with E-state index >= 15 is 0 Å². The van der Waals surface area contributed by atoms with Crippen LogP contribution in [0.4, 0.5) is 4.79 Å². The molecule has 0 aliphatic rings. The van der Waals surface area contributed by atoms with Gasteiger partial charge in [0, 0.05) is 0 Å². The maximum Gasteiger partial charge on any atom is 0.475 e. The number of rotatable bonds is 7. The van der Waals surface area contributed by atoms with Gasteiger partial charge in [0.2, 0.25) is 0 Å². The van der Waals surface area contributed by atoms with Gasteiger partial charge >= 0.3 is 19.9 Å². The number of alkyl carbamates (subject to hydrolysis) is 1. The average Bonchev–Trinajstić information content (AvgIpc) is 2.26. The zero-order valence-electron chi connectivity index (χ0n) is 17.0. The Morgan fingerprint density at radius 2 is 1.35 bits per heavy atom. The molecule has 0 aromatic rings. The van der Waals surface area contributed by atoms with Gasteiger partial charge in [0.05, 0.1) is 17.8 Å². The van der Waals surface area contributed by atoms with Crippen molar-refractivity contribution in [2.45, 2.75) is 85.2 Å². The van der Waals surface area contributed by atoms with Crippen molar-refractivity contribution in [2.24, 2.45) is 0 Å². The van der Waals surface area contributed by atoms with Gasteiger partial charge in [0.1, 0.15) is 5.60 Å². The SMILES string of the molecule is CC(C)(C)OC(=O)N[C@@H](COP(=O)(OC(C)(C)C)OC(C)(C)C)C(=O)O. The number of hydrogen-bond acceptors (Lipinski definition) is 7. The molecule has 0 radical (unpaired) electrons. The molecule has 0 aliphatic carbocycles. The van der Waals surface area contributed by atoms with Crippen molar-refractivity contribution in [3.05, 3.63) is 0 Å². The second kappa shape index (κ2) is 8.69. The largest absolute Gasteiger partial charge is 0.480 e. The molecule has 0 saturated heterocycles. The molecule has 1 amide bonds. The van der Waals surface area contributed by atoms with Gasteiger partial charge in [-0.25, -0.2) is 14.2 Å². The Bertz CT molecular complexity index is 522. The normalized spacial score (nSPS) is 14.7. The van der Waals surface area contributed by atoms with Crippen molar-refractivity contribution >= 4 is 19.9 Å². The molecule has 2 N–H and O–H groups in total. The Kier molecular flexibility index (Phi) is 8.31. The first-order chi connectivity index (χ1) is 11.3. The molecule has 26 heavy (non-hydrogen) atoms. The number of phosphoric acid groups is 1. The van der Waals surface area contributed by atoms with E-state index in [0.717, 1.165) is 0 Å². The summed E-state index contributed by atoms with van der Waals surface area (Å²) in [5.74, 6) is -1.38. The number of phosphoric ester groups is 1. The predicted molar refractivity (Wildman–Crippen MR) is 96.0 cm³/mol. The smallest absolute Gasteiger partial charge is 0.475 e. The van der Waals surface area contributed by atoms with Gasteiger partial charge in [-0.15, -0.1) is 0 Å². The summed E-state index contributed by atoms with van der Waals surface area (Å²) in [6.07, 6.45) is -0.934. The number of carboxylic acid groups (broad SMARTS) is 1. The summed E-state index contributed by atoms with van der Waals surface area (Å²) in [5, 5.41) is 11.4. The van der Waals surface area contributed by atoms with E-state index in [1.54, 1.807) is 62.3 Å². The van der Waals surface area contributed by atoms with E-state index in [1.807, 2.05) is 0 Å². The Labute approximate surface area is 155 Å². The highest BCUT2D eigenvalue weighted by molar-refractivity contribution is 7.48. The first-order valence-electron chi connectivity index (χ1n) is 8.20. The van der Waals surface area contributed by atoms with E-state index < -0.39 is 49.3 Å². The summed E-state index contributed by atoms with van der Waals surface area (Å²) in [7, 11) is -4.10. The van der Waals surface area contributed by atoms with Crippen molar-refractivity contribution in [3.8, 4) is 0 Å². The molecule has 0 spiro atoms. The van der Waals surface area contributed by atoms with Crippen molar-refractivity contribution < 1.29 is 37.6 Å². The van der Waals surface area contributed by atoms with Crippen molar-refractivity contribution in [3.63, 3.8) is 0 Å². The van der Waals surface area contributed by atoms with E-state index in [4.69, 9.17) is 18.3 Å². The lowest BCUT2D eigenvalue weighted by Crippen LogP contribution is -2.46. The first-order valence-corrected chi connectivity index (χ1v) is 9.66. The zero-order valence-corrected chi connectivity index (χ0v) is 17.9. The summed E-state index contributed by atoms with van der Waals surface area (Å²) in [5.41, 5.74) is -2.52. The van der Waals surface area contributed by atoms with Crippen molar-refractivity contribution in [1.82, 2.24) is 5.32 Å². The lowest BCUT2D eigenvalue weighted by atomic mass is 10.2. The van der Waals surface area contributed by atoms with Gasteiger partial charge in [-0.2, -0.15) is 0 Å². The number of ether oxygens (including phenoxy) is 1. The summed E-state index contributed by atoms with van der Waals surface area (Å²) in [6.45, 7) is 14.2. The molecule has 10 heteroatoms. The van der Waals surface area contributed by atoms with Crippen LogP contribution in [0, 0.1) is 0 Å². The number of carbonyl (C=O) groups excluding carboxylic acids is 1. The molecule has 0 rings (SSSR count). The minimum absolute atomic E-state index is 0.627. The summed E-state index contributed by atoms with van der Waals surface area (Å²) < 4.78 is 33.9. The fraction of sp³-hybridized carbons (Fsp3) is 0.875. The molecular weight excluding hydrogens is 365 g/mol. The van der Waals surface area contributed by atoms with Crippen LogP contribution in [0.1, 0.15) is 62.3 Å². The molecule has 0 aliphatic heterocycles. The Morgan fingerprint density at radius 3 is 1.65 bits per heavy atom. The summed E-state index contributed by atoms with van der Waals surface area (Å²) in [4.78, 5) is 23.1. The van der Waals surface area contributed by atoms with Crippen LogP contribution in [0.3, 0.4) is 0 Å². The van der Waals surface area contributed by atoms with Crippen LogP contribution < -0.4 is 5.32 Å². The lowest BCUT2D eigenvalue weighted by molar-refractivity contribution is -0.140. The molecule has 0 heterocycles. The van der Waals surface area contributed by atoms with Gasteiger partial charge in [0.15, 0.2) is 6.04 Å². The van der Waals surface area contributed by atoms with Gasteiger partial charge in [-0.3, -0.25) is 13.6 Å². The van der Waals surface area contributed by atoms with E-state index in [9.17, 15) is 19.3 Å². The molecule has 0 unspecified atom stereocenters. The van der Waals surface area contributed by atoms with E-state index in [-0.39, 0.29) is 0 Å². The fourth-order valence-electron chi connectivity index (χ4n) is 1.53. The average molecular weight is 397 g/mol. The van der Waals surface area contributed by atoms with Crippen LogP contribution in [-0.2, 0) is 27.7 Å². The van der Waals surface area contributed by atoms with Crippen LogP contribution in [0.15, 0.2) is 0 Å². The number of nitrogens with one attached hydrogen (secondary N) is 1. The minimum atomic E-state index is -4.10. The van der Waals surface area contributed by atoms with Crippen LogP contribution >= 0.6 is 7.82 Å². The van der Waals surface area contributed by atoms with Gasteiger partial charge < -0.3 is 15.2 Å². The lowest BCUT2D eigenvalue weighted by Gasteiger charge is -2.31. The Morgan fingerprint density at radius 1 is 0.923 bits per heavy atom. The third kappa shape index (κ3) is 12.2. The number of carbonyl (C=O) groups is 2.